The maximum absolute atomic E-state index is 13.8. The van der Waals surface area contributed by atoms with Gasteiger partial charge in [-0.15, -0.1) is 0 Å². The molecule has 1 aliphatic rings. The number of hydrogen-bond donors (Lipinski definition) is 2. The average Bonchev–Trinajstić information content (AvgIpc) is 3.07. The molecule has 7 nitrogen and oxygen atoms in total. The molecule has 4 rings (SSSR count). The quantitative estimate of drug-likeness (QED) is 0.342. The number of nitrogens with one attached hydrogen (secondary N) is 1. The minimum absolute atomic E-state index is 0.0294. The molecule has 0 radical (unpaired) electrons. The number of benzene rings is 3. The molecule has 2 amide bonds. The summed E-state index contributed by atoms with van der Waals surface area (Å²) in [6, 6.07) is 18.3. The summed E-state index contributed by atoms with van der Waals surface area (Å²) in [5, 5.41) is 12.4. The van der Waals surface area contributed by atoms with Crippen LogP contribution in [-0.2, 0) is 9.47 Å². The zero-order valence-corrected chi connectivity index (χ0v) is 22.5. The summed E-state index contributed by atoms with van der Waals surface area (Å²) in [5.41, 5.74) is 5.12. The van der Waals surface area contributed by atoms with E-state index in [1.54, 1.807) is 29.2 Å². The minimum atomic E-state index is -0.223. The van der Waals surface area contributed by atoms with Crippen molar-refractivity contribution in [1.82, 2.24) is 0 Å². The third kappa shape index (κ3) is 6.60. The Morgan fingerprint density at radius 1 is 1.00 bits per heavy atom. The van der Waals surface area contributed by atoms with Gasteiger partial charge in [0.15, 0.2) is 0 Å². The van der Waals surface area contributed by atoms with Crippen LogP contribution >= 0.6 is 11.6 Å². The van der Waals surface area contributed by atoms with Crippen LogP contribution in [0.4, 0.5) is 11.4 Å². The average molecular weight is 537 g/mol. The van der Waals surface area contributed by atoms with E-state index in [1.807, 2.05) is 50.2 Å². The molecule has 0 bridgehead atoms. The Labute approximate surface area is 228 Å². The molecular formula is C30H33ClN2O5. The molecule has 8 heteroatoms. The Morgan fingerprint density at radius 2 is 1.82 bits per heavy atom. The Kier molecular flexibility index (Phi) is 9.53. The van der Waals surface area contributed by atoms with E-state index in [0.717, 1.165) is 35.2 Å². The van der Waals surface area contributed by atoms with Crippen molar-refractivity contribution in [2.24, 2.45) is 0 Å². The van der Waals surface area contributed by atoms with Crippen LogP contribution in [0.25, 0.3) is 0 Å². The van der Waals surface area contributed by atoms with Gasteiger partial charge in [0.2, 0.25) is 0 Å². The number of anilines is 2. The van der Waals surface area contributed by atoms with Crippen LogP contribution in [0.1, 0.15) is 56.4 Å². The monoisotopic (exact) mass is 536 g/mol. The molecule has 200 valence electrons. The number of carbonyl (C=O) groups excluding carboxylic acids is 2. The Hall–Kier alpha value is -3.23. The normalized spacial score (nSPS) is 15.1. The van der Waals surface area contributed by atoms with E-state index in [2.05, 4.69) is 5.32 Å². The highest BCUT2D eigenvalue weighted by molar-refractivity contribution is 6.30. The van der Waals surface area contributed by atoms with E-state index in [0.29, 0.717) is 41.6 Å². The molecule has 1 aliphatic heterocycles. The Balaban J connectivity index is 1.53. The molecule has 38 heavy (non-hydrogen) atoms. The van der Waals surface area contributed by atoms with Crippen LogP contribution in [-0.4, -0.2) is 49.9 Å². The fourth-order valence-corrected chi connectivity index (χ4v) is 4.87. The van der Waals surface area contributed by atoms with Gasteiger partial charge in [-0.05, 0) is 80.3 Å². The fourth-order valence-electron chi connectivity index (χ4n) is 4.69. The van der Waals surface area contributed by atoms with Crippen LogP contribution in [0.2, 0.25) is 5.02 Å². The zero-order valence-electron chi connectivity index (χ0n) is 21.7. The Morgan fingerprint density at radius 3 is 2.58 bits per heavy atom. The summed E-state index contributed by atoms with van der Waals surface area (Å²) in [6.07, 6.45) is 1.27. The van der Waals surface area contributed by atoms with Gasteiger partial charge in [-0.2, -0.15) is 0 Å². The molecule has 0 aliphatic carbocycles. The maximum atomic E-state index is 13.8. The van der Waals surface area contributed by atoms with E-state index in [9.17, 15) is 9.59 Å². The van der Waals surface area contributed by atoms with Crippen molar-refractivity contribution < 1.29 is 24.2 Å². The highest BCUT2D eigenvalue weighted by Gasteiger charge is 2.28. The lowest BCUT2D eigenvalue weighted by atomic mass is 10.0. The molecule has 3 aromatic carbocycles. The lowest BCUT2D eigenvalue weighted by Crippen LogP contribution is -2.32. The SMILES string of the molecule is Cc1ccccc1C(=O)Nc1ccc(C(=O)N2CCCC(OCCOCCO)c3cc(Cl)ccc32)c(C)c1. The second-order valence-electron chi connectivity index (χ2n) is 9.30. The van der Waals surface area contributed by atoms with E-state index in [-0.39, 0.29) is 31.1 Å². The highest BCUT2D eigenvalue weighted by Crippen LogP contribution is 2.38. The Bertz CT molecular complexity index is 1300. The topological polar surface area (TPSA) is 88.1 Å². The van der Waals surface area contributed by atoms with Crippen molar-refractivity contribution in [3.8, 4) is 0 Å². The number of carbonyl (C=O) groups is 2. The second-order valence-corrected chi connectivity index (χ2v) is 9.73. The van der Waals surface area contributed by atoms with Gasteiger partial charge in [0.1, 0.15) is 0 Å². The van der Waals surface area contributed by atoms with Gasteiger partial charge in [0.05, 0.1) is 32.5 Å². The predicted octanol–water partition coefficient (Wildman–Crippen LogP) is 5.72. The molecule has 0 fully saturated rings. The molecule has 1 unspecified atom stereocenters. The van der Waals surface area contributed by atoms with Crippen LogP contribution < -0.4 is 10.2 Å². The molecule has 1 atom stereocenters. The molecule has 0 saturated heterocycles. The standard InChI is InChI=1S/C30H33ClN2O5/c1-20-6-3-4-7-24(20)29(35)32-23-10-11-25(21(2)18-23)30(36)33-13-5-8-28(38-17-16-37-15-14-34)26-19-22(31)9-12-27(26)33/h3-4,6-7,9-12,18-19,28,34H,5,8,13-17H2,1-2H3,(H,32,35). The van der Waals surface area contributed by atoms with Crippen LogP contribution in [0.5, 0.6) is 0 Å². The summed E-state index contributed by atoms with van der Waals surface area (Å²) in [4.78, 5) is 28.3. The maximum Gasteiger partial charge on any atom is 0.258 e. The molecule has 0 aromatic heterocycles. The number of rotatable bonds is 9. The number of nitrogens with zero attached hydrogens (tertiary/aromatic N) is 1. The van der Waals surface area contributed by atoms with Crippen LogP contribution in [0, 0.1) is 13.8 Å². The first-order chi connectivity index (χ1) is 18.4. The third-order valence-electron chi connectivity index (χ3n) is 6.61. The first kappa shape index (κ1) is 27.8. The van der Waals surface area contributed by atoms with Crippen LogP contribution in [0.15, 0.2) is 60.7 Å². The number of aliphatic hydroxyl groups is 1. The van der Waals surface area contributed by atoms with Crippen molar-refractivity contribution in [2.45, 2.75) is 32.8 Å². The largest absolute Gasteiger partial charge is 0.394 e. The summed E-state index contributed by atoms with van der Waals surface area (Å²) >= 11 is 6.33. The highest BCUT2D eigenvalue weighted by atomic mass is 35.5. The van der Waals surface area contributed by atoms with Gasteiger partial charge in [0, 0.05) is 39.6 Å². The lowest BCUT2D eigenvalue weighted by Gasteiger charge is -2.25. The molecule has 0 saturated carbocycles. The fraction of sp³-hybridized carbons (Fsp3) is 0.333. The molecule has 0 spiro atoms. The summed E-state index contributed by atoms with van der Waals surface area (Å²) in [6.45, 7) is 5.30. The lowest BCUT2D eigenvalue weighted by molar-refractivity contribution is -0.00602. The molecule has 1 heterocycles. The number of aryl methyl sites for hydroxylation is 2. The summed E-state index contributed by atoms with van der Waals surface area (Å²) < 4.78 is 11.4. The van der Waals surface area contributed by atoms with E-state index in [1.165, 1.54) is 0 Å². The van der Waals surface area contributed by atoms with E-state index in [4.69, 9.17) is 26.2 Å². The van der Waals surface area contributed by atoms with E-state index < -0.39 is 0 Å². The van der Waals surface area contributed by atoms with Gasteiger partial charge >= 0.3 is 0 Å². The van der Waals surface area contributed by atoms with Crippen molar-refractivity contribution in [3.05, 3.63) is 93.5 Å². The van der Waals surface area contributed by atoms with Crippen molar-refractivity contribution in [3.63, 3.8) is 0 Å². The number of aliphatic hydroxyl groups excluding tert-OH is 1. The number of amides is 2. The van der Waals surface area contributed by atoms with Gasteiger partial charge in [0.25, 0.3) is 11.8 Å². The van der Waals surface area contributed by atoms with Gasteiger partial charge in [-0.1, -0.05) is 29.8 Å². The molecule has 3 aromatic rings. The second kappa shape index (κ2) is 13.0. The van der Waals surface area contributed by atoms with Crippen molar-refractivity contribution >= 4 is 34.8 Å². The zero-order chi connectivity index (χ0) is 27.1. The van der Waals surface area contributed by atoms with Gasteiger partial charge < -0.3 is 24.8 Å². The van der Waals surface area contributed by atoms with Crippen LogP contribution in [0.3, 0.4) is 0 Å². The number of halogens is 1. The first-order valence-corrected chi connectivity index (χ1v) is 13.2. The van der Waals surface area contributed by atoms with Gasteiger partial charge in [-0.25, -0.2) is 0 Å². The van der Waals surface area contributed by atoms with Gasteiger partial charge in [-0.3, -0.25) is 9.59 Å². The summed E-state index contributed by atoms with van der Waals surface area (Å²) in [7, 11) is 0. The van der Waals surface area contributed by atoms with Crippen molar-refractivity contribution in [2.75, 3.05) is 43.2 Å². The number of fused-ring (bicyclic) bond motifs is 1. The summed E-state index contributed by atoms with van der Waals surface area (Å²) in [5.74, 6) is -0.303. The molecular weight excluding hydrogens is 504 g/mol. The number of hydrogen-bond acceptors (Lipinski definition) is 5. The predicted molar refractivity (Wildman–Crippen MR) is 149 cm³/mol. The molecule has 2 N–H and O–H groups in total. The minimum Gasteiger partial charge on any atom is -0.394 e. The number of ether oxygens (including phenoxy) is 2. The first-order valence-electron chi connectivity index (χ1n) is 12.8. The van der Waals surface area contributed by atoms with E-state index >= 15 is 0 Å². The smallest absolute Gasteiger partial charge is 0.258 e. The third-order valence-corrected chi connectivity index (χ3v) is 6.84. The van der Waals surface area contributed by atoms with Crippen molar-refractivity contribution in [1.29, 1.82) is 0 Å².